The minimum atomic E-state index is -0.0500. The van der Waals surface area contributed by atoms with Crippen LogP contribution in [0.4, 0.5) is 0 Å². The van der Waals surface area contributed by atoms with Gasteiger partial charge in [-0.25, -0.2) is 0 Å². The zero-order valence-corrected chi connectivity index (χ0v) is 14.4. The normalized spacial score (nSPS) is 20.0. The average Bonchev–Trinajstić information content (AvgIpc) is 3.06. The van der Waals surface area contributed by atoms with Crippen molar-refractivity contribution in [2.75, 3.05) is 6.54 Å². The summed E-state index contributed by atoms with van der Waals surface area (Å²) in [7, 11) is 0. The summed E-state index contributed by atoms with van der Waals surface area (Å²) in [4.78, 5) is 27.3. The quantitative estimate of drug-likeness (QED) is 0.632. The zero-order chi connectivity index (χ0) is 15.5. The van der Waals surface area contributed by atoms with Gasteiger partial charge in [-0.15, -0.1) is 11.3 Å². The molecule has 1 aliphatic carbocycles. The molecular formula is C15H16N2O2S3. The largest absolute Gasteiger partial charge is 0.353 e. The Morgan fingerprint density at radius 2 is 2.32 bits per heavy atom. The van der Waals surface area contributed by atoms with Crippen molar-refractivity contribution in [1.29, 1.82) is 0 Å². The van der Waals surface area contributed by atoms with Gasteiger partial charge in [-0.05, 0) is 36.8 Å². The number of rotatable bonds is 6. The highest BCUT2D eigenvalue weighted by molar-refractivity contribution is 8.26. The second-order valence-corrected chi connectivity index (χ2v) is 7.95. The van der Waals surface area contributed by atoms with Crippen molar-refractivity contribution in [3.05, 3.63) is 27.3 Å². The Balaban J connectivity index is 1.52. The highest BCUT2D eigenvalue weighted by Gasteiger charge is 2.31. The van der Waals surface area contributed by atoms with Crippen LogP contribution in [-0.4, -0.2) is 33.6 Å². The molecule has 4 nitrogen and oxygen atoms in total. The monoisotopic (exact) mass is 352 g/mol. The van der Waals surface area contributed by atoms with Crippen LogP contribution in [0.15, 0.2) is 22.4 Å². The number of thioether (sulfide) groups is 1. The van der Waals surface area contributed by atoms with Gasteiger partial charge in [0.2, 0.25) is 5.91 Å². The predicted octanol–water partition coefficient (Wildman–Crippen LogP) is 3.01. The molecule has 0 unspecified atom stereocenters. The molecule has 0 aromatic carbocycles. The van der Waals surface area contributed by atoms with Crippen LogP contribution in [0.25, 0.3) is 6.08 Å². The molecule has 2 heterocycles. The third-order valence-corrected chi connectivity index (χ3v) is 5.62. The van der Waals surface area contributed by atoms with Crippen LogP contribution in [0, 0.1) is 0 Å². The summed E-state index contributed by atoms with van der Waals surface area (Å²) >= 11 is 8.20. The highest BCUT2D eigenvalue weighted by atomic mass is 32.2. The number of nitrogens with one attached hydrogen (secondary N) is 1. The Labute approximate surface area is 142 Å². The molecule has 1 aromatic heterocycles. The highest BCUT2D eigenvalue weighted by Crippen LogP contribution is 2.33. The minimum Gasteiger partial charge on any atom is -0.353 e. The Hall–Kier alpha value is -1.18. The van der Waals surface area contributed by atoms with Gasteiger partial charge in [0.05, 0.1) is 4.91 Å². The van der Waals surface area contributed by atoms with Gasteiger partial charge in [-0.1, -0.05) is 30.0 Å². The molecule has 3 rings (SSSR count). The third kappa shape index (κ3) is 3.97. The molecule has 1 N–H and O–H groups in total. The van der Waals surface area contributed by atoms with Gasteiger partial charge in [0, 0.05) is 23.9 Å². The van der Waals surface area contributed by atoms with Gasteiger partial charge >= 0.3 is 0 Å². The first-order valence-corrected chi connectivity index (χ1v) is 9.32. The van der Waals surface area contributed by atoms with E-state index in [1.807, 2.05) is 23.6 Å². The molecule has 2 amide bonds. The minimum absolute atomic E-state index is 0.0500. The van der Waals surface area contributed by atoms with Gasteiger partial charge in [-0.2, -0.15) is 0 Å². The average molecular weight is 353 g/mol. The van der Waals surface area contributed by atoms with Crippen LogP contribution < -0.4 is 5.32 Å². The number of thiocarbonyl (C=S) groups is 1. The molecule has 2 fully saturated rings. The Morgan fingerprint density at radius 3 is 3.00 bits per heavy atom. The summed E-state index contributed by atoms with van der Waals surface area (Å²) in [6, 6.07) is 4.31. The van der Waals surface area contributed by atoms with E-state index in [1.165, 1.54) is 11.8 Å². The lowest BCUT2D eigenvalue weighted by Gasteiger charge is -2.13. The second-order valence-electron chi connectivity index (χ2n) is 5.29. The van der Waals surface area contributed by atoms with E-state index in [1.54, 1.807) is 16.2 Å². The van der Waals surface area contributed by atoms with E-state index in [2.05, 4.69) is 5.32 Å². The van der Waals surface area contributed by atoms with E-state index in [9.17, 15) is 9.59 Å². The van der Waals surface area contributed by atoms with E-state index < -0.39 is 0 Å². The van der Waals surface area contributed by atoms with E-state index in [4.69, 9.17) is 12.2 Å². The molecule has 0 bridgehead atoms. The molecule has 7 heteroatoms. The predicted molar refractivity (Wildman–Crippen MR) is 94.6 cm³/mol. The van der Waals surface area contributed by atoms with Crippen molar-refractivity contribution in [3.8, 4) is 0 Å². The van der Waals surface area contributed by atoms with Crippen molar-refractivity contribution in [2.45, 2.75) is 31.7 Å². The van der Waals surface area contributed by atoms with Gasteiger partial charge in [0.1, 0.15) is 4.32 Å². The molecule has 116 valence electrons. The van der Waals surface area contributed by atoms with E-state index in [0.29, 0.717) is 34.7 Å². The van der Waals surface area contributed by atoms with Crippen LogP contribution in [-0.2, 0) is 9.59 Å². The van der Waals surface area contributed by atoms with Gasteiger partial charge < -0.3 is 5.32 Å². The van der Waals surface area contributed by atoms with Gasteiger partial charge in [0.15, 0.2) is 0 Å². The van der Waals surface area contributed by atoms with Crippen LogP contribution in [0.1, 0.15) is 30.6 Å². The number of nitrogens with zero attached hydrogens (tertiary/aromatic N) is 1. The maximum Gasteiger partial charge on any atom is 0.266 e. The summed E-state index contributed by atoms with van der Waals surface area (Å²) in [5, 5.41) is 4.93. The number of hydrogen-bond acceptors (Lipinski definition) is 5. The van der Waals surface area contributed by atoms with E-state index in [0.717, 1.165) is 17.7 Å². The van der Waals surface area contributed by atoms with Crippen LogP contribution in [0.2, 0.25) is 0 Å². The second kappa shape index (κ2) is 6.93. The number of hydrogen-bond donors (Lipinski definition) is 1. The SMILES string of the molecule is O=C(CCCN1C(=O)C(=Cc2cccs2)SC1=S)NC1CC1. The molecule has 0 spiro atoms. The lowest BCUT2D eigenvalue weighted by Crippen LogP contribution is -2.31. The Bertz CT molecular complexity index is 621. The summed E-state index contributed by atoms with van der Waals surface area (Å²) in [6.07, 6.45) is 5.14. The van der Waals surface area contributed by atoms with Crippen LogP contribution in [0.3, 0.4) is 0 Å². The molecule has 2 aliphatic rings. The fourth-order valence-electron chi connectivity index (χ4n) is 2.12. The van der Waals surface area contributed by atoms with Crippen molar-refractivity contribution < 1.29 is 9.59 Å². The maximum atomic E-state index is 12.4. The first-order valence-electron chi connectivity index (χ1n) is 7.22. The summed E-state index contributed by atoms with van der Waals surface area (Å²) < 4.78 is 0.579. The van der Waals surface area contributed by atoms with Gasteiger partial charge in [-0.3, -0.25) is 14.5 Å². The van der Waals surface area contributed by atoms with Crippen molar-refractivity contribution in [1.82, 2.24) is 10.2 Å². The summed E-state index contributed by atoms with van der Waals surface area (Å²) in [5.41, 5.74) is 0. The lowest BCUT2D eigenvalue weighted by molar-refractivity contribution is -0.124. The van der Waals surface area contributed by atoms with Crippen molar-refractivity contribution in [2.24, 2.45) is 0 Å². The molecule has 1 saturated carbocycles. The third-order valence-electron chi connectivity index (χ3n) is 3.42. The fourth-order valence-corrected chi connectivity index (χ4v) is 4.15. The first-order chi connectivity index (χ1) is 10.6. The lowest BCUT2D eigenvalue weighted by atomic mass is 10.2. The Morgan fingerprint density at radius 1 is 1.50 bits per heavy atom. The molecule has 1 aromatic rings. The number of carbonyl (C=O) groups is 2. The Kier molecular flexibility index (Phi) is 4.95. The number of carbonyl (C=O) groups excluding carboxylic acids is 2. The van der Waals surface area contributed by atoms with Crippen LogP contribution >= 0.6 is 35.3 Å². The molecule has 1 saturated heterocycles. The van der Waals surface area contributed by atoms with Crippen molar-refractivity contribution >= 4 is 57.5 Å². The summed E-state index contributed by atoms with van der Waals surface area (Å²) in [5.74, 6) is 0.0214. The van der Waals surface area contributed by atoms with E-state index in [-0.39, 0.29) is 11.8 Å². The molecular weight excluding hydrogens is 336 g/mol. The van der Waals surface area contributed by atoms with Crippen molar-refractivity contribution in [3.63, 3.8) is 0 Å². The van der Waals surface area contributed by atoms with E-state index >= 15 is 0 Å². The van der Waals surface area contributed by atoms with Gasteiger partial charge in [0.25, 0.3) is 5.91 Å². The molecule has 0 radical (unpaired) electrons. The van der Waals surface area contributed by atoms with Crippen LogP contribution in [0.5, 0.6) is 0 Å². The molecule has 22 heavy (non-hydrogen) atoms. The number of thiophene rings is 1. The smallest absolute Gasteiger partial charge is 0.266 e. The standard InChI is InChI=1S/C15H16N2O2S3/c18-13(16-10-5-6-10)4-1-7-17-14(19)12(22-15(17)20)9-11-3-2-8-21-11/h2-3,8-10H,1,4-7H2,(H,16,18). The fraction of sp³-hybridized carbons (Fsp3) is 0.400. The maximum absolute atomic E-state index is 12.4. The number of amides is 2. The first kappa shape index (κ1) is 15.7. The summed E-state index contributed by atoms with van der Waals surface area (Å²) in [6.45, 7) is 0.504. The zero-order valence-electron chi connectivity index (χ0n) is 11.9. The molecule has 1 aliphatic heterocycles. The molecule has 0 atom stereocenters. The topological polar surface area (TPSA) is 49.4 Å².